The second-order valence-electron chi connectivity index (χ2n) is 9.76. The van der Waals surface area contributed by atoms with Crippen LogP contribution in [0.25, 0.3) is 5.69 Å². The van der Waals surface area contributed by atoms with Crippen molar-refractivity contribution >= 4 is 34.6 Å². The van der Waals surface area contributed by atoms with Gasteiger partial charge in [-0.3, -0.25) is 9.78 Å². The Labute approximate surface area is 234 Å². The Morgan fingerprint density at radius 2 is 1.79 bits per heavy atom. The first-order chi connectivity index (χ1) is 18.8. The molecule has 0 radical (unpaired) electrons. The molecule has 1 aliphatic rings. The number of methoxy groups -OCH3 is 1. The molecule has 0 aliphatic carbocycles. The van der Waals surface area contributed by atoms with Crippen molar-refractivity contribution in [1.29, 1.82) is 0 Å². The standard InChI is InChI=1S/C31H33N5O2S/c1-6-28(37)33-26-15-12-23(17-19(26)2)36-30(29(34-31(36)39)27-9-7-8-16-32-27)25-18-20(3)35(21(25)4)22-10-13-24(38-5)14-11-22/h7-18,29-30H,6H2,1-5H3,(H,33,37)(H,34,39)/t29-,30+/m0/s1. The summed E-state index contributed by atoms with van der Waals surface area (Å²) < 4.78 is 7.63. The van der Waals surface area contributed by atoms with Crippen molar-refractivity contribution in [3.8, 4) is 11.4 Å². The minimum atomic E-state index is -0.150. The number of nitrogens with one attached hydrogen (secondary N) is 2. The van der Waals surface area contributed by atoms with E-state index in [2.05, 4.69) is 58.2 Å². The molecule has 2 atom stereocenters. The van der Waals surface area contributed by atoms with Gasteiger partial charge in [-0.1, -0.05) is 13.0 Å². The molecular formula is C31H33N5O2S. The average molecular weight is 540 g/mol. The summed E-state index contributed by atoms with van der Waals surface area (Å²) in [6, 6.07) is 22.1. The number of pyridine rings is 1. The van der Waals surface area contributed by atoms with Gasteiger partial charge in [-0.05, 0) is 105 Å². The summed E-state index contributed by atoms with van der Waals surface area (Å²) in [5.41, 5.74) is 8.13. The molecule has 3 heterocycles. The van der Waals surface area contributed by atoms with Crippen LogP contribution in [0.15, 0.2) is 72.9 Å². The number of ether oxygens (including phenoxy) is 1. The summed E-state index contributed by atoms with van der Waals surface area (Å²) in [5, 5.41) is 7.17. The fraction of sp³-hybridized carbons (Fsp3) is 0.258. The van der Waals surface area contributed by atoms with Gasteiger partial charge in [0.25, 0.3) is 0 Å². The van der Waals surface area contributed by atoms with Crippen LogP contribution in [0.1, 0.15) is 53.6 Å². The van der Waals surface area contributed by atoms with E-state index in [4.69, 9.17) is 21.9 Å². The molecule has 7 nitrogen and oxygen atoms in total. The maximum Gasteiger partial charge on any atom is 0.224 e. The molecule has 1 saturated heterocycles. The van der Waals surface area contributed by atoms with Crippen LogP contribution in [0.4, 0.5) is 11.4 Å². The maximum atomic E-state index is 12.0. The summed E-state index contributed by atoms with van der Waals surface area (Å²) in [5.74, 6) is 0.811. The van der Waals surface area contributed by atoms with Gasteiger partial charge in [0, 0.05) is 41.1 Å². The molecule has 200 valence electrons. The zero-order valence-corrected chi connectivity index (χ0v) is 23.7. The molecule has 0 unspecified atom stereocenters. The van der Waals surface area contributed by atoms with Crippen molar-refractivity contribution in [2.24, 2.45) is 0 Å². The van der Waals surface area contributed by atoms with Gasteiger partial charge in [-0.15, -0.1) is 0 Å². The van der Waals surface area contributed by atoms with Gasteiger partial charge in [0.15, 0.2) is 5.11 Å². The van der Waals surface area contributed by atoms with E-state index >= 15 is 0 Å². The van der Waals surface area contributed by atoms with Crippen LogP contribution in [0.2, 0.25) is 0 Å². The van der Waals surface area contributed by atoms with Gasteiger partial charge in [-0.2, -0.15) is 0 Å². The largest absolute Gasteiger partial charge is 0.497 e. The number of carbonyl (C=O) groups is 1. The molecule has 0 bridgehead atoms. The number of nitrogens with zero attached hydrogens (tertiary/aromatic N) is 3. The van der Waals surface area contributed by atoms with Crippen molar-refractivity contribution in [2.75, 3.05) is 17.3 Å². The molecule has 5 rings (SSSR count). The molecule has 0 spiro atoms. The van der Waals surface area contributed by atoms with E-state index in [1.54, 1.807) is 7.11 Å². The predicted octanol–water partition coefficient (Wildman–Crippen LogP) is 6.33. The van der Waals surface area contributed by atoms with E-state index < -0.39 is 0 Å². The van der Waals surface area contributed by atoms with Crippen molar-refractivity contribution in [3.63, 3.8) is 0 Å². The molecule has 0 saturated carbocycles. The lowest BCUT2D eigenvalue weighted by atomic mass is 9.96. The van der Waals surface area contributed by atoms with E-state index in [0.29, 0.717) is 11.5 Å². The highest BCUT2D eigenvalue weighted by Gasteiger charge is 2.42. The zero-order chi connectivity index (χ0) is 27.7. The topological polar surface area (TPSA) is 71.4 Å². The second-order valence-corrected chi connectivity index (χ2v) is 10.1. The summed E-state index contributed by atoms with van der Waals surface area (Å²) in [6.07, 6.45) is 2.24. The number of hydrogen-bond donors (Lipinski definition) is 2. The summed E-state index contributed by atoms with van der Waals surface area (Å²) >= 11 is 5.94. The third-order valence-corrected chi connectivity index (χ3v) is 7.62. The second kappa shape index (κ2) is 10.9. The third-order valence-electron chi connectivity index (χ3n) is 7.30. The first kappa shape index (κ1) is 26.4. The minimum Gasteiger partial charge on any atom is -0.497 e. The van der Waals surface area contributed by atoms with E-state index in [-0.39, 0.29) is 18.0 Å². The van der Waals surface area contributed by atoms with E-state index in [1.807, 2.05) is 62.5 Å². The van der Waals surface area contributed by atoms with Crippen LogP contribution in [-0.2, 0) is 4.79 Å². The molecule has 2 aromatic heterocycles. The molecule has 2 N–H and O–H groups in total. The quantitative estimate of drug-likeness (QED) is 0.267. The number of carbonyl (C=O) groups excluding carboxylic acids is 1. The van der Waals surface area contributed by atoms with Crippen molar-refractivity contribution in [1.82, 2.24) is 14.9 Å². The monoisotopic (exact) mass is 539 g/mol. The van der Waals surface area contributed by atoms with Crippen LogP contribution in [-0.4, -0.2) is 27.7 Å². The van der Waals surface area contributed by atoms with Gasteiger partial charge >= 0.3 is 0 Å². The van der Waals surface area contributed by atoms with Crippen LogP contribution in [0.5, 0.6) is 5.75 Å². The molecule has 1 aliphatic heterocycles. The number of hydrogen-bond acceptors (Lipinski definition) is 4. The lowest BCUT2D eigenvalue weighted by molar-refractivity contribution is -0.115. The van der Waals surface area contributed by atoms with Gasteiger partial charge in [0.1, 0.15) is 5.75 Å². The van der Waals surface area contributed by atoms with Gasteiger partial charge < -0.3 is 24.8 Å². The molecule has 1 fully saturated rings. The molecule has 4 aromatic rings. The van der Waals surface area contributed by atoms with Crippen LogP contribution < -0.4 is 20.3 Å². The first-order valence-electron chi connectivity index (χ1n) is 13.1. The smallest absolute Gasteiger partial charge is 0.224 e. The first-order valence-corrected chi connectivity index (χ1v) is 13.5. The molecule has 2 aromatic carbocycles. The van der Waals surface area contributed by atoms with E-state index in [1.165, 1.54) is 0 Å². The zero-order valence-electron chi connectivity index (χ0n) is 22.9. The summed E-state index contributed by atoms with van der Waals surface area (Å²) in [7, 11) is 1.67. The number of amides is 1. The molecule has 39 heavy (non-hydrogen) atoms. The van der Waals surface area contributed by atoms with Gasteiger partial charge in [-0.25, -0.2) is 0 Å². The Hall–Kier alpha value is -4.17. The highest BCUT2D eigenvalue weighted by atomic mass is 32.1. The number of aryl methyl sites for hydroxylation is 2. The van der Waals surface area contributed by atoms with E-state index in [0.717, 1.165) is 51.0 Å². The minimum absolute atomic E-state index is 0.0109. The van der Waals surface area contributed by atoms with Crippen molar-refractivity contribution < 1.29 is 9.53 Å². The lowest BCUT2D eigenvalue weighted by Crippen LogP contribution is -2.29. The number of thiocarbonyl (C=S) groups is 1. The van der Waals surface area contributed by atoms with Crippen molar-refractivity contribution in [3.05, 3.63) is 101 Å². The normalized spacial score (nSPS) is 16.7. The summed E-state index contributed by atoms with van der Waals surface area (Å²) in [4.78, 5) is 18.9. The Bertz CT molecular complexity index is 1510. The lowest BCUT2D eigenvalue weighted by Gasteiger charge is -2.29. The Kier molecular flexibility index (Phi) is 7.39. The average Bonchev–Trinajstić information content (AvgIpc) is 3.44. The molecule has 1 amide bonds. The fourth-order valence-electron chi connectivity index (χ4n) is 5.34. The Morgan fingerprint density at radius 1 is 1.05 bits per heavy atom. The van der Waals surface area contributed by atoms with Gasteiger partial charge in [0.05, 0.1) is 24.9 Å². The van der Waals surface area contributed by atoms with Crippen LogP contribution in [0.3, 0.4) is 0 Å². The fourth-order valence-corrected chi connectivity index (χ4v) is 5.69. The number of anilines is 2. The van der Waals surface area contributed by atoms with Crippen molar-refractivity contribution in [2.45, 2.75) is 46.2 Å². The molecule has 8 heteroatoms. The predicted molar refractivity (Wildman–Crippen MR) is 160 cm³/mol. The SMILES string of the molecule is CCC(=O)Nc1ccc(N2C(=S)N[C@@H](c3ccccn3)[C@H]2c2cc(C)n(-c3ccc(OC)cc3)c2C)cc1C. The molecular weight excluding hydrogens is 506 g/mol. The van der Waals surface area contributed by atoms with Gasteiger partial charge in [0.2, 0.25) is 5.91 Å². The number of aromatic nitrogens is 2. The highest BCUT2D eigenvalue weighted by Crippen LogP contribution is 2.44. The maximum absolute atomic E-state index is 12.0. The van der Waals surface area contributed by atoms with Crippen LogP contribution >= 0.6 is 12.2 Å². The third kappa shape index (κ3) is 5.00. The summed E-state index contributed by atoms with van der Waals surface area (Å²) in [6.45, 7) is 8.12. The number of rotatable bonds is 7. The highest BCUT2D eigenvalue weighted by molar-refractivity contribution is 7.80. The Morgan fingerprint density at radius 3 is 2.44 bits per heavy atom. The number of benzene rings is 2. The Balaban J connectivity index is 1.62. The van der Waals surface area contributed by atoms with Crippen LogP contribution in [0, 0.1) is 20.8 Å². The van der Waals surface area contributed by atoms with E-state index in [9.17, 15) is 4.79 Å².